The number of carbonyl (C=O) groups excluding carboxylic acids is 2. The number of amides is 3. The third-order valence-electron chi connectivity index (χ3n) is 4.62. The maximum atomic E-state index is 12.6. The quantitative estimate of drug-likeness (QED) is 0.432. The van der Waals surface area contributed by atoms with Gasteiger partial charge in [0.15, 0.2) is 5.65 Å². The fourth-order valence-corrected chi connectivity index (χ4v) is 3.11. The van der Waals surface area contributed by atoms with Crippen molar-refractivity contribution in [2.24, 2.45) is 0 Å². The van der Waals surface area contributed by atoms with Crippen molar-refractivity contribution in [2.45, 2.75) is 19.9 Å². The number of carbonyl (C=O) groups is 2. The van der Waals surface area contributed by atoms with E-state index in [4.69, 9.17) is 0 Å². The molecule has 0 spiro atoms. The summed E-state index contributed by atoms with van der Waals surface area (Å²) in [5.41, 5.74) is 3.10. The molecular weight excluding hydrogens is 392 g/mol. The highest BCUT2D eigenvalue weighted by atomic mass is 16.2. The minimum absolute atomic E-state index is 0.201. The first kappa shape index (κ1) is 20.1. The van der Waals surface area contributed by atoms with Gasteiger partial charge in [0.1, 0.15) is 0 Å². The fraction of sp³-hybridized carbons (Fsp3) is 0.130. The lowest BCUT2D eigenvalue weighted by atomic mass is 10.2. The lowest BCUT2D eigenvalue weighted by molar-refractivity contribution is 0.102. The highest BCUT2D eigenvalue weighted by molar-refractivity contribution is 6.05. The largest absolute Gasteiger partial charge is 0.323 e. The van der Waals surface area contributed by atoms with E-state index in [0.717, 1.165) is 11.0 Å². The Hall–Kier alpha value is -4.20. The molecule has 0 radical (unpaired) electrons. The standard InChI is InChI=1S/C23H22N6O2/c1-15(2)29-21-17(13-25-29)12-20(14-24-21)26-22(30)16-8-10-19(11-9-16)28-23(31)27-18-6-4-3-5-7-18/h3-15H,1-2H3,(H,26,30)(H2,27,28,31). The van der Waals surface area contributed by atoms with E-state index in [1.807, 2.05) is 42.8 Å². The van der Waals surface area contributed by atoms with Crippen LogP contribution in [0.3, 0.4) is 0 Å². The summed E-state index contributed by atoms with van der Waals surface area (Å²) in [5, 5.41) is 13.5. The van der Waals surface area contributed by atoms with Crippen LogP contribution >= 0.6 is 0 Å². The zero-order chi connectivity index (χ0) is 21.8. The Kier molecular flexibility index (Phi) is 5.61. The van der Waals surface area contributed by atoms with Crippen molar-refractivity contribution in [1.29, 1.82) is 0 Å². The minimum Gasteiger partial charge on any atom is -0.321 e. The number of anilines is 3. The Morgan fingerprint density at radius 1 is 0.839 bits per heavy atom. The lowest BCUT2D eigenvalue weighted by Crippen LogP contribution is -2.19. The predicted molar refractivity (Wildman–Crippen MR) is 121 cm³/mol. The number of hydrogen-bond acceptors (Lipinski definition) is 4. The molecule has 2 aromatic carbocycles. The third kappa shape index (κ3) is 4.69. The average Bonchev–Trinajstić information content (AvgIpc) is 3.18. The number of rotatable bonds is 5. The smallest absolute Gasteiger partial charge is 0.321 e. The molecule has 3 amide bonds. The number of para-hydroxylation sites is 1. The van der Waals surface area contributed by atoms with Crippen LogP contribution in [-0.2, 0) is 0 Å². The van der Waals surface area contributed by atoms with E-state index in [9.17, 15) is 9.59 Å². The van der Waals surface area contributed by atoms with Crippen LogP contribution in [0.4, 0.5) is 21.9 Å². The van der Waals surface area contributed by atoms with Gasteiger partial charge in [0.2, 0.25) is 0 Å². The molecule has 0 saturated heterocycles. The summed E-state index contributed by atoms with van der Waals surface area (Å²) >= 11 is 0. The Balaban J connectivity index is 1.39. The van der Waals surface area contributed by atoms with Crippen molar-refractivity contribution < 1.29 is 9.59 Å². The van der Waals surface area contributed by atoms with Gasteiger partial charge in [-0.05, 0) is 56.3 Å². The van der Waals surface area contributed by atoms with Crippen molar-refractivity contribution in [3.05, 3.63) is 78.6 Å². The first-order valence-electron chi connectivity index (χ1n) is 9.87. The van der Waals surface area contributed by atoms with E-state index >= 15 is 0 Å². The second-order valence-electron chi connectivity index (χ2n) is 7.30. The van der Waals surface area contributed by atoms with Crippen molar-refractivity contribution in [3.8, 4) is 0 Å². The molecule has 2 aromatic heterocycles. The molecule has 4 aromatic rings. The first-order chi connectivity index (χ1) is 15.0. The number of nitrogens with one attached hydrogen (secondary N) is 3. The van der Waals surface area contributed by atoms with Crippen molar-refractivity contribution in [2.75, 3.05) is 16.0 Å². The second kappa shape index (κ2) is 8.66. The second-order valence-corrected chi connectivity index (χ2v) is 7.30. The molecule has 2 heterocycles. The number of urea groups is 1. The number of hydrogen-bond donors (Lipinski definition) is 3. The molecule has 0 unspecified atom stereocenters. The molecule has 0 saturated carbocycles. The lowest BCUT2D eigenvalue weighted by Gasteiger charge is -2.09. The van der Waals surface area contributed by atoms with Gasteiger partial charge in [-0.1, -0.05) is 18.2 Å². The molecule has 0 aliphatic heterocycles. The van der Waals surface area contributed by atoms with Gasteiger partial charge >= 0.3 is 6.03 Å². The zero-order valence-corrected chi connectivity index (χ0v) is 17.2. The average molecular weight is 414 g/mol. The summed E-state index contributed by atoms with van der Waals surface area (Å²) in [6.45, 7) is 4.07. The van der Waals surface area contributed by atoms with Crippen LogP contribution in [0.1, 0.15) is 30.2 Å². The van der Waals surface area contributed by atoms with Crippen LogP contribution in [0.5, 0.6) is 0 Å². The Morgan fingerprint density at radius 2 is 1.52 bits per heavy atom. The van der Waals surface area contributed by atoms with Gasteiger partial charge in [-0.2, -0.15) is 5.10 Å². The summed E-state index contributed by atoms with van der Waals surface area (Å²) in [6.07, 6.45) is 3.35. The first-order valence-corrected chi connectivity index (χ1v) is 9.87. The molecule has 31 heavy (non-hydrogen) atoms. The Morgan fingerprint density at radius 3 is 2.19 bits per heavy atom. The van der Waals surface area contributed by atoms with Gasteiger partial charge in [0, 0.05) is 28.4 Å². The molecule has 0 atom stereocenters. The number of pyridine rings is 1. The van der Waals surface area contributed by atoms with Crippen LogP contribution in [-0.4, -0.2) is 26.7 Å². The molecule has 8 heteroatoms. The topological polar surface area (TPSA) is 101 Å². The molecule has 0 bridgehead atoms. The normalized spacial score (nSPS) is 10.8. The summed E-state index contributed by atoms with van der Waals surface area (Å²) in [4.78, 5) is 29.1. The van der Waals surface area contributed by atoms with Crippen LogP contribution in [0, 0.1) is 0 Å². The van der Waals surface area contributed by atoms with E-state index in [-0.39, 0.29) is 18.0 Å². The maximum Gasteiger partial charge on any atom is 0.323 e. The van der Waals surface area contributed by atoms with E-state index in [1.54, 1.807) is 48.8 Å². The van der Waals surface area contributed by atoms with Gasteiger partial charge in [-0.25, -0.2) is 14.5 Å². The minimum atomic E-state index is -0.357. The number of benzene rings is 2. The van der Waals surface area contributed by atoms with Gasteiger partial charge in [0.25, 0.3) is 5.91 Å². The van der Waals surface area contributed by atoms with Gasteiger partial charge in [-0.3, -0.25) is 4.79 Å². The maximum absolute atomic E-state index is 12.6. The number of aromatic nitrogens is 3. The van der Waals surface area contributed by atoms with Crippen LogP contribution in [0.2, 0.25) is 0 Å². The summed E-state index contributed by atoms with van der Waals surface area (Å²) in [7, 11) is 0. The van der Waals surface area contributed by atoms with Crippen molar-refractivity contribution >= 4 is 40.0 Å². The molecule has 0 aliphatic carbocycles. The van der Waals surface area contributed by atoms with Gasteiger partial charge < -0.3 is 16.0 Å². The Labute approximate surface area is 179 Å². The molecular formula is C23H22N6O2. The highest BCUT2D eigenvalue weighted by Crippen LogP contribution is 2.20. The fourth-order valence-electron chi connectivity index (χ4n) is 3.11. The highest BCUT2D eigenvalue weighted by Gasteiger charge is 2.11. The van der Waals surface area contributed by atoms with E-state index in [2.05, 4.69) is 26.0 Å². The molecule has 8 nitrogen and oxygen atoms in total. The van der Waals surface area contributed by atoms with Crippen molar-refractivity contribution in [1.82, 2.24) is 14.8 Å². The third-order valence-corrected chi connectivity index (χ3v) is 4.62. The van der Waals surface area contributed by atoms with Crippen LogP contribution < -0.4 is 16.0 Å². The number of nitrogens with zero attached hydrogens (tertiary/aromatic N) is 3. The summed E-state index contributed by atoms with van der Waals surface area (Å²) in [6, 6.07) is 17.5. The molecule has 0 fully saturated rings. The zero-order valence-electron chi connectivity index (χ0n) is 17.2. The molecule has 0 aliphatic rings. The SMILES string of the molecule is CC(C)n1ncc2cc(NC(=O)c3ccc(NC(=O)Nc4ccccc4)cc3)cnc21. The summed E-state index contributed by atoms with van der Waals surface area (Å²) in [5.74, 6) is -0.266. The summed E-state index contributed by atoms with van der Waals surface area (Å²) < 4.78 is 1.83. The predicted octanol–water partition coefficient (Wildman–Crippen LogP) is 4.91. The van der Waals surface area contributed by atoms with Gasteiger partial charge in [0.05, 0.1) is 18.1 Å². The number of fused-ring (bicyclic) bond motifs is 1. The van der Waals surface area contributed by atoms with Crippen LogP contribution in [0.15, 0.2) is 73.1 Å². The van der Waals surface area contributed by atoms with Crippen molar-refractivity contribution in [3.63, 3.8) is 0 Å². The van der Waals surface area contributed by atoms with E-state index in [1.165, 1.54) is 0 Å². The molecule has 3 N–H and O–H groups in total. The van der Waals surface area contributed by atoms with E-state index < -0.39 is 0 Å². The Bertz CT molecular complexity index is 1220. The monoisotopic (exact) mass is 414 g/mol. The van der Waals surface area contributed by atoms with E-state index in [0.29, 0.717) is 22.6 Å². The van der Waals surface area contributed by atoms with Crippen LogP contribution in [0.25, 0.3) is 11.0 Å². The molecule has 156 valence electrons. The van der Waals surface area contributed by atoms with Gasteiger partial charge in [-0.15, -0.1) is 0 Å². The molecule has 4 rings (SSSR count).